The van der Waals surface area contributed by atoms with Crippen LogP contribution in [0.2, 0.25) is 0 Å². The number of benzene rings is 1. The van der Waals surface area contributed by atoms with E-state index in [1.165, 1.54) is 11.1 Å². The average Bonchev–Trinajstić information content (AvgIpc) is 2.15. The lowest BCUT2D eigenvalue weighted by Gasteiger charge is -2.14. The minimum atomic E-state index is -1.26. The van der Waals surface area contributed by atoms with Gasteiger partial charge in [-0.3, -0.25) is 0 Å². The van der Waals surface area contributed by atoms with E-state index in [1.54, 1.807) is 0 Å². The third-order valence-corrected chi connectivity index (χ3v) is 2.79. The molecular weight excluding hydrogens is 200 g/mol. The van der Waals surface area contributed by atoms with Crippen LogP contribution in [0.1, 0.15) is 56.2 Å². The molecule has 2 N–H and O–H groups in total. The van der Waals surface area contributed by atoms with Crippen LogP contribution in [0.5, 0.6) is 0 Å². The largest absolute Gasteiger partial charge is 0.368 e. The molecule has 2 nitrogen and oxygen atoms in total. The Morgan fingerprint density at radius 1 is 0.875 bits per heavy atom. The third kappa shape index (κ3) is 3.62. The number of hydrogen-bond donors (Lipinski definition) is 2. The third-order valence-electron chi connectivity index (χ3n) is 2.79. The number of hydrogen-bond acceptors (Lipinski definition) is 2. The molecule has 0 saturated carbocycles. The number of rotatable bonds is 4. The summed E-state index contributed by atoms with van der Waals surface area (Å²) in [5, 5.41) is 18.0. The topological polar surface area (TPSA) is 40.5 Å². The van der Waals surface area contributed by atoms with Crippen molar-refractivity contribution in [3.63, 3.8) is 0 Å². The zero-order chi connectivity index (χ0) is 12.3. The summed E-state index contributed by atoms with van der Waals surface area (Å²) in [5.74, 6) is 0.932. The van der Waals surface area contributed by atoms with Crippen molar-refractivity contribution in [1.29, 1.82) is 0 Å². The first kappa shape index (κ1) is 13.2. The Morgan fingerprint density at radius 2 is 1.31 bits per heavy atom. The van der Waals surface area contributed by atoms with Crippen molar-refractivity contribution >= 4 is 0 Å². The molecule has 1 rings (SSSR count). The van der Waals surface area contributed by atoms with E-state index in [9.17, 15) is 0 Å². The van der Waals surface area contributed by atoms with E-state index in [4.69, 9.17) is 10.2 Å². The summed E-state index contributed by atoms with van der Waals surface area (Å²) in [7, 11) is 0. The SMILES string of the molecule is CC(C)c1cc(CC(O)O)cc(C(C)C)c1. The van der Waals surface area contributed by atoms with Gasteiger partial charge in [-0.05, 0) is 28.5 Å². The van der Waals surface area contributed by atoms with Crippen molar-refractivity contribution in [2.24, 2.45) is 0 Å². The fourth-order valence-corrected chi connectivity index (χ4v) is 1.74. The van der Waals surface area contributed by atoms with Crippen molar-refractivity contribution in [3.8, 4) is 0 Å². The molecular formula is C14H22O2. The smallest absolute Gasteiger partial charge is 0.155 e. The first-order valence-electron chi connectivity index (χ1n) is 5.90. The molecule has 0 aliphatic heterocycles. The Balaban J connectivity index is 3.08. The van der Waals surface area contributed by atoms with Crippen molar-refractivity contribution in [2.45, 2.75) is 52.2 Å². The molecule has 0 fully saturated rings. The lowest BCUT2D eigenvalue weighted by atomic mass is 9.92. The molecule has 90 valence electrons. The molecule has 0 aliphatic rings. The van der Waals surface area contributed by atoms with E-state index in [1.807, 2.05) is 0 Å². The molecule has 1 aromatic rings. The molecule has 0 amide bonds. The highest BCUT2D eigenvalue weighted by Gasteiger charge is 2.09. The lowest BCUT2D eigenvalue weighted by Crippen LogP contribution is -2.09. The van der Waals surface area contributed by atoms with Gasteiger partial charge in [-0.15, -0.1) is 0 Å². The molecule has 0 spiro atoms. The molecule has 0 bridgehead atoms. The van der Waals surface area contributed by atoms with Gasteiger partial charge in [0.05, 0.1) is 0 Å². The van der Waals surface area contributed by atoms with Crippen molar-refractivity contribution < 1.29 is 10.2 Å². The van der Waals surface area contributed by atoms with Gasteiger partial charge in [-0.25, -0.2) is 0 Å². The van der Waals surface area contributed by atoms with Crippen LogP contribution in [0, 0.1) is 0 Å². The van der Waals surface area contributed by atoms with E-state index < -0.39 is 6.29 Å². The second kappa shape index (κ2) is 5.46. The molecule has 0 aliphatic carbocycles. The molecule has 0 atom stereocenters. The van der Waals surface area contributed by atoms with Gasteiger partial charge in [-0.2, -0.15) is 0 Å². The van der Waals surface area contributed by atoms with Crippen molar-refractivity contribution in [2.75, 3.05) is 0 Å². The number of aliphatic hydroxyl groups excluding tert-OH is 1. The minimum Gasteiger partial charge on any atom is -0.368 e. The van der Waals surface area contributed by atoms with E-state index in [-0.39, 0.29) is 0 Å². The van der Waals surface area contributed by atoms with Crippen LogP contribution in [0.15, 0.2) is 18.2 Å². The quantitative estimate of drug-likeness (QED) is 0.769. The summed E-state index contributed by atoms with van der Waals surface area (Å²) in [5.41, 5.74) is 3.54. The fourth-order valence-electron chi connectivity index (χ4n) is 1.74. The standard InChI is InChI=1S/C14H22O2/c1-9(2)12-5-11(7-14(15)16)6-13(8-12)10(3)4/h5-6,8-10,14-16H,7H2,1-4H3. The first-order chi connectivity index (χ1) is 7.40. The number of aliphatic hydroxyl groups is 2. The highest BCUT2D eigenvalue weighted by Crippen LogP contribution is 2.23. The van der Waals surface area contributed by atoms with Crippen LogP contribution >= 0.6 is 0 Å². The van der Waals surface area contributed by atoms with Crippen molar-refractivity contribution in [3.05, 3.63) is 34.9 Å². The molecule has 1 aromatic carbocycles. The van der Waals surface area contributed by atoms with Crippen LogP contribution in [0.3, 0.4) is 0 Å². The highest BCUT2D eigenvalue weighted by atomic mass is 16.5. The van der Waals surface area contributed by atoms with Crippen LogP contribution in [0.4, 0.5) is 0 Å². The van der Waals surface area contributed by atoms with E-state index in [2.05, 4.69) is 45.9 Å². The van der Waals surface area contributed by atoms with Gasteiger partial charge in [0.2, 0.25) is 0 Å². The highest BCUT2D eigenvalue weighted by molar-refractivity contribution is 5.33. The van der Waals surface area contributed by atoms with Crippen LogP contribution in [-0.2, 0) is 6.42 Å². The lowest BCUT2D eigenvalue weighted by molar-refractivity contribution is -0.0381. The van der Waals surface area contributed by atoms with Gasteiger partial charge >= 0.3 is 0 Å². The Kier molecular flexibility index (Phi) is 4.51. The summed E-state index contributed by atoms with van der Waals surface area (Å²) in [6.07, 6.45) is -0.956. The first-order valence-corrected chi connectivity index (χ1v) is 5.90. The van der Waals surface area contributed by atoms with E-state index >= 15 is 0 Å². The van der Waals surface area contributed by atoms with Crippen LogP contribution in [0.25, 0.3) is 0 Å². The summed E-state index contributed by atoms with van der Waals surface area (Å²) >= 11 is 0. The summed E-state index contributed by atoms with van der Waals surface area (Å²) in [6, 6.07) is 6.34. The summed E-state index contributed by atoms with van der Waals surface area (Å²) in [6.45, 7) is 8.61. The second-order valence-corrected chi connectivity index (χ2v) is 5.00. The Bertz CT molecular complexity index is 314. The second-order valence-electron chi connectivity index (χ2n) is 5.00. The normalized spacial score (nSPS) is 11.8. The maximum Gasteiger partial charge on any atom is 0.155 e. The Morgan fingerprint density at radius 3 is 1.62 bits per heavy atom. The minimum absolute atomic E-state index is 0.306. The zero-order valence-electron chi connectivity index (χ0n) is 10.6. The molecule has 16 heavy (non-hydrogen) atoms. The monoisotopic (exact) mass is 222 g/mol. The maximum absolute atomic E-state index is 9.02. The van der Waals surface area contributed by atoms with Gasteiger partial charge in [0.1, 0.15) is 0 Å². The molecule has 2 heteroatoms. The Labute approximate surface area is 97.9 Å². The van der Waals surface area contributed by atoms with Crippen LogP contribution < -0.4 is 0 Å². The van der Waals surface area contributed by atoms with Gasteiger partial charge in [0, 0.05) is 6.42 Å². The fraction of sp³-hybridized carbons (Fsp3) is 0.571. The van der Waals surface area contributed by atoms with E-state index in [0.717, 1.165) is 5.56 Å². The van der Waals surface area contributed by atoms with Crippen LogP contribution in [-0.4, -0.2) is 16.5 Å². The van der Waals surface area contributed by atoms with Gasteiger partial charge in [0.25, 0.3) is 0 Å². The van der Waals surface area contributed by atoms with Gasteiger partial charge in [0.15, 0.2) is 6.29 Å². The summed E-state index contributed by atoms with van der Waals surface area (Å²) < 4.78 is 0. The van der Waals surface area contributed by atoms with Gasteiger partial charge in [-0.1, -0.05) is 45.9 Å². The zero-order valence-corrected chi connectivity index (χ0v) is 10.6. The maximum atomic E-state index is 9.02. The molecule has 0 aromatic heterocycles. The molecule has 0 radical (unpaired) electrons. The summed E-state index contributed by atoms with van der Waals surface area (Å²) in [4.78, 5) is 0. The van der Waals surface area contributed by atoms with Gasteiger partial charge < -0.3 is 10.2 Å². The predicted molar refractivity (Wildman–Crippen MR) is 66.5 cm³/mol. The Hall–Kier alpha value is -0.860. The molecule has 0 saturated heterocycles. The molecule has 0 unspecified atom stereocenters. The molecule has 0 heterocycles. The average molecular weight is 222 g/mol. The van der Waals surface area contributed by atoms with Crippen molar-refractivity contribution in [1.82, 2.24) is 0 Å². The van der Waals surface area contributed by atoms with E-state index in [0.29, 0.717) is 18.3 Å². The predicted octanol–water partition coefficient (Wildman–Crippen LogP) is 2.79.